The SMILES string of the molecule is C=CCN(C)C(=O)[C@H]1[C@H]2C(=O)N([C@@H](CC)CO)C(C(=O)N(CC=C)c3ccc(N(CC)CC)cc3)C23CC[C@]1(C)S3. The number of fused-ring (bicyclic) bond motifs is 1. The second-order valence-electron chi connectivity index (χ2n) is 11.7. The standard InChI is InChI=1S/C32H46N4O4S/c1-8-19-33(7)28(38)25-26-29(39)36(22(10-3)21-37)27(32(26)18-17-31(25,6)41-32)30(40)35(20-9-2)24-15-13-23(14-16-24)34(11-4)12-5/h8-9,13-16,22,25-27,37H,1-2,10-12,17-21H2,3-7H3/t22-,25+,26-,27?,31-,32?/m0/s1. The first-order chi connectivity index (χ1) is 19.6. The number of carbonyl (C=O) groups excluding carboxylic acids is 3. The second kappa shape index (κ2) is 12.2. The van der Waals surface area contributed by atoms with Gasteiger partial charge in [-0.25, -0.2) is 0 Å². The number of hydrogen-bond acceptors (Lipinski definition) is 6. The molecule has 3 fully saturated rings. The van der Waals surface area contributed by atoms with Crippen LogP contribution in [0, 0.1) is 11.8 Å². The molecule has 224 valence electrons. The van der Waals surface area contributed by atoms with Crippen LogP contribution in [0.15, 0.2) is 49.6 Å². The van der Waals surface area contributed by atoms with Crippen LogP contribution >= 0.6 is 11.8 Å². The lowest BCUT2D eigenvalue weighted by Crippen LogP contribution is -2.57. The van der Waals surface area contributed by atoms with Crippen molar-refractivity contribution in [2.45, 2.75) is 68.5 Å². The van der Waals surface area contributed by atoms with Gasteiger partial charge >= 0.3 is 0 Å². The van der Waals surface area contributed by atoms with E-state index in [1.807, 2.05) is 31.2 Å². The van der Waals surface area contributed by atoms with Crippen molar-refractivity contribution in [2.75, 3.05) is 49.6 Å². The van der Waals surface area contributed by atoms with Gasteiger partial charge in [0.15, 0.2) is 0 Å². The Morgan fingerprint density at radius 1 is 1.07 bits per heavy atom. The van der Waals surface area contributed by atoms with Crippen LogP contribution in [0.5, 0.6) is 0 Å². The van der Waals surface area contributed by atoms with Crippen LogP contribution in [0.3, 0.4) is 0 Å². The van der Waals surface area contributed by atoms with Crippen molar-refractivity contribution in [1.29, 1.82) is 0 Å². The van der Waals surface area contributed by atoms with E-state index in [1.165, 1.54) is 0 Å². The molecule has 9 heteroatoms. The quantitative estimate of drug-likeness (QED) is 0.355. The molecule has 2 unspecified atom stereocenters. The summed E-state index contributed by atoms with van der Waals surface area (Å²) in [7, 11) is 1.74. The first-order valence-corrected chi connectivity index (χ1v) is 15.7. The van der Waals surface area contributed by atoms with Crippen LogP contribution in [0.1, 0.15) is 47.0 Å². The van der Waals surface area contributed by atoms with E-state index in [4.69, 9.17) is 0 Å². The largest absolute Gasteiger partial charge is 0.394 e. The molecule has 2 bridgehead atoms. The van der Waals surface area contributed by atoms with Gasteiger partial charge in [-0.3, -0.25) is 14.4 Å². The Hall–Kier alpha value is -2.78. The average molecular weight is 583 g/mol. The zero-order valence-electron chi connectivity index (χ0n) is 25.2. The zero-order valence-corrected chi connectivity index (χ0v) is 26.0. The van der Waals surface area contributed by atoms with E-state index in [9.17, 15) is 19.5 Å². The Morgan fingerprint density at radius 2 is 1.68 bits per heavy atom. The number of rotatable bonds is 13. The second-order valence-corrected chi connectivity index (χ2v) is 13.5. The molecule has 0 aromatic heterocycles. The third kappa shape index (κ3) is 4.99. The Morgan fingerprint density at radius 3 is 2.22 bits per heavy atom. The number of hydrogen-bond donors (Lipinski definition) is 1. The highest BCUT2D eigenvalue weighted by Crippen LogP contribution is 2.72. The fourth-order valence-electron chi connectivity index (χ4n) is 7.38. The predicted octanol–water partition coefficient (Wildman–Crippen LogP) is 3.95. The van der Waals surface area contributed by atoms with E-state index >= 15 is 0 Å². The summed E-state index contributed by atoms with van der Waals surface area (Å²) >= 11 is 1.65. The molecular weight excluding hydrogens is 536 g/mol. The van der Waals surface area contributed by atoms with E-state index in [0.29, 0.717) is 19.4 Å². The molecule has 4 rings (SSSR count). The molecule has 8 nitrogen and oxygen atoms in total. The van der Waals surface area contributed by atoms with Crippen LogP contribution < -0.4 is 9.80 Å². The Labute approximate surface area is 249 Å². The maximum atomic E-state index is 14.8. The highest BCUT2D eigenvalue weighted by Gasteiger charge is 2.78. The molecule has 1 N–H and O–H groups in total. The highest BCUT2D eigenvalue weighted by molar-refractivity contribution is 8.02. The number of amides is 3. The number of aliphatic hydroxyl groups is 1. The monoisotopic (exact) mass is 582 g/mol. The number of thioether (sulfide) groups is 1. The number of benzene rings is 1. The maximum absolute atomic E-state index is 14.8. The number of likely N-dealkylation sites (tertiary alicyclic amines) is 1. The van der Waals surface area contributed by atoms with Crippen LogP contribution in [0.2, 0.25) is 0 Å². The van der Waals surface area contributed by atoms with Crippen molar-refractivity contribution < 1.29 is 19.5 Å². The zero-order chi connectivity index (χ0) is 30.1. The predicted molar refractivity (Wildman–Crippen MR) is 167 cm³/mol. The summed E-state index contributed by atoms with van der Waals surface area (Å²) in [6.45, 7) is 18.1. The minimum absolute atomic E-state index is 0.0835. The van der Waals surface area contributed by atoms with E-state index in [2.05, 4.69) is 38.8 Å². The van der Waals surface area contributed by atoms with Gasteiger partial charge in [-0.2, -0.15) is 0 Å². The molecule has 41 heavy (non-hydrogen) atoms. The lowest BCUT2D eigenvalue weighted by Gasteiger charge is -2.39. The van der Waals surface area contributed by atoms with Gasteiger partial charge in [0.1, 0.15) is 6.04 Å². The van der Waals surface area contributed by atoms with Gasteiger partial charge in [-0.1, -0.05) is 19.1 Å². The third-order valence-corrected chi connectivity index (χ3v) is 11.4. The van der Waals surface area contributed by atoms with E-state index in [0.717, 1.165) is 30.9 Å². The van der Waals surface area contributed by atoms with Gasteiger partial charge in [0.2, 0.25) is 11.8 Å². The fourth-order valence-corrected chi connectivity index (χ4v) is 9.71. The molecule has 3 saturated heterocycles. The summed E-state index contributed by atoms with van der Waals surface area (Å²) in [6.07, 6.45) is 5.30. The number of anilines is 2. The van der Waals surface area contributed by atoms with Crippen molar-refractivity contribution in [3.05, 3.63) is 49.6 Å². The summed E-state index contributed by atoms with van der Waals surface area (Å²) in [5.41, 5.74) is 1.81. The fraction of sp³-hybridized carbons (Fsp3) is 0.594. The molecule has 1 aromatic carbocycles. The van der Waals surface area contributed by atoms with Crippen LogP contribution in [0.4, 0.5) is 11.4 Å². The summed E-state index contributed by atoms with van der Waals surface area (Å²) in [5, 5.41) is 10.4. The first kappa shape index (κ1) is 31.2. The lowest BCUT2D eigenvalue weighted by molar-refractivity contribution is -0.145. The van der Waals surface area contributed by atoms with Crippen LogP contribution in [-0.2, 0) is 14.4 Å². The topological polar surface area (TPSA) is 84.4 Å². The Kier molecular flexibility index (Phi) is 9.29. The van der Waals surface area contributed by atoms with Gasteiger partial charge in [0.05, 0.1) is 29.2 Å². The van der Waals surface area contributed by atoms with Crippen LogP contribution in [0.25, 0.3) is 0 Å². The molecule has 3 aliphatic rings. The average Bonchev–Trinajstić information content (AvgIpc) is 3.54. The molecule has 6 atom stereocenters. The summed E-state index contributed by atoms with van der Waals surface area (Å²) in [6, 6.07) is 6.63. The first-order valence-electron chi connectivity index (χ1n) is 14.8. The van der Waals surface area contributed by atoms with Gasteiger partial charge in [0.25, 0.3) is 5.91 Å². The Bertz CT molecular complexity index is 1170. The van der Waals surface area contributed by atoms with Crippen molar-refractivity contribution in [1.82, 2.24) is 9.80 Å². The third-order valence-electron chi connectivity index (χ3n) is 9.44. The molecule has 1 spiro atoms. The number of nitrogens with zero attached hydrogens (tertiary/aromatic N) is 4. The maximum Gasteiger partial charge on any atom is 0.251 e. The lowest BCUT2D eigenvalue weighted by atomic mass is 9.66. The normalized spacial score (nSPS) is 28.8. The molecular formula is C32H46N4O4S. The van der Waals surface area contributed by atoms with Crippen molar-refractivity contribution in [3.63, 3.8) is 0 Å². The van der Waals surface area contributed by atoms with E-state index in [-0.39, 0.29) is 30.9 Å². The Balaban J connectivity index is 1.80. The highest BCUT2D eigenvalue weighted by atomic mass is 32.2. The molecule has 3 aliphatic heterocycles. The minimum atomic E-state index is -0.797. The van der Waals surface area contributed by atoms with Gasteiger partial charge < -0.3 is 24.7 Å². The van der Waals surface area contributed by atoms with Crippen molar-refractivity contribution in [2.24, 2.45) is 11.8 Å². The van der Waals surface area contributed by atoms with E-state index < -0.39 is 33.4 Å². The minimum Gasteiger partial charge on any atom is -0.394 e. The number of carbonyl (C=O) groups is 3. The summed E-state index contributed by atoms with van der Waals surface area (Å²) in [5.74, 6) is -1.64. The van der Waals surface area contributed by atoms with Gasteiger partial charge in [-0.15, -0.1) is 24.9 Å². The molecule has 1 aromatic rings. The van der Waals surface area contributed by atoms with Gasteiger partial charge in [0, 0.05) is 49.3 Å². The van der Waals surface area contributed by atoms with E-state index in [1.54, 1.807) is 45.7 Å². The van der Waals surface area contributed by atoms with Crippen LogP contribution in [-0.4, -0.2) is 94.0 Å². The molecule has 0 radical (unpaired) electrons. The molecule has 3 heterocycles. The van der Waals surface area contributed by atoms with Crippen molar-refractivity contribution in [3.8, 4) is 0 Å². The molecule has 3 amide bonds. The molecule has 0 aliphatic carbocycles. The summed E-state index contributed by atoms with van der Waals surface area (Å²) < 4.78 is -1.20. The molecule has 0 saturated carbocycles. The van der Waals surface area contributed by atoms with Gasteiger partial charge in [-0.05, 0) is 64.3 Å². The van der Waals surface area contributed by atoms with Crippen molar-refractivity contribution >= 4 is 40.9 Å². The smallest absolute Gasteiger partial charge is 0.251 e. The summed E-state index contributed by atoms with van der Waals surface area (Å²) in [4.78, 5) is 50.2. The number of likely N-dealkylation sites (N-methyl/N-ethyl adjacent to an activating group) is 1. The number of aliphatic hydroxyl groups excluding tert-OH is 1.